The molecule has 5 nitrogen and oxygen atoms in total. The minimum atomic E-state index is -0.482. The van der Waals surface area contributed by atoms with Crippen LogP contribution in [-0.4, -0.2) is 30.9 Å². The number of carbonyl (C=O) groups excluding carboxylic acids is 1. The van der Waals surface area contributed by atoms with Crippen molar-refractivity contribution < 1.29 is 14.3 Å². The number of carbonyl (C=O) groups is 1. The van der Waals surface area contributed by atoms with Gasteiger partial charge < -0.3 is 20.1 Å². The molecule has 2 N–H and O–H groups in total. The van der Waals surface area contributed by atoms with E-state index >= 15 is 0 Å². The van der Waals surface area contributed by atoms with Gasteiger partial charge in [0.05, 0.1) is 6.54 Å². The smallest absolute Gasteiger partial charge is 0.407 e. The predicted octanol–water partition coefficient (Wildman–Crippen LogP) is 4.19. The number of alkyl carbamates (subject to hydrolysis) is 1. The normalized spacial score (nSPS) is 17.3. The molecule has 1 aromatic rings. The number of hydrogen-bond acceptors (Lipinski definition) is 4. The molecule has 0 bridgehead atoms. The van der Waals surface area contributed by atoms with Gasteiger partial charge in [-0.3, -0.25) is 0 Å². The van der Waals surface area contributed by atoms with Crippen LogP contribution in [-0.2, 0) is 4.74 Å². The fourth-order valence-electron chi connectivity index (χ4n) is 3.04. The van der Waals surface area contributed by atoms with E-state index < -0.39 is 11.7 Å². The highest BCUT2D eigenvalue weighted by molar-refractivity contribution is 5.67. The first-order valence-corrected chi connectivity index (χ1v) is 9.37. The van der Waals surface area contributed by atoms with Crippen LogP contribution in [0.25, 0.3) is 0 Å². The molecule has 2 fully saturated rings. The first-order valence-electron chi connectivity index (χ1n) is 9.37. The van der Waals surface area contributed by atoms with Crippen LogP contribution in [0.15, 0.2) is 24.3 Å². The lowest BCUT2D eigenvalue weighted by molar-refractivity contribution is 0.0520. The molecule has 0 atom stereocenters. The summed E-state index contributed by atoms with van der Waals surface area (Å²) in [7, 11) is 0. The molecular weight excluding hydrogens is 316 g/mol. The van der Waals surface area contributed by atoms with Crippen molar-refractivity contribution in [2.45, 2.75) is 58.1 Å². The Kier molecular flexibility index (Phi) is 5.40. The number of ether oxygens (including phenoxy) is 2. The van der Waals surface area contributed by atoms with Crippen LogP contribution in [0, 0.1) is 11.8 Å². The first kappa shape index (κ1) is 17.9. The van der Waals surface area contributed by atoms with Crippen molar-refractivity contribution in [3.63, 3.8) is 0 Å². The Morgan fingerprint density at radius 1 is 1.20 bits per heavy atom. The highest BCUT2D eigenvalue weighted by atomic mass is 16.6. The largest absolute Gasteiger partial charge is 0.492 e. The van der Waals surface area contributed by atoms with E-state index in [9.17, 15) is 4.79 Å². The van der Waals surface area contributed by atoms with Crippen LogP contribution in [0.2, 0.25) is 0 Å². The zero-order valence-corrected chi connectivity index (χ0v) is 15.5. The summed E-state index contributed by atoms with van der Waals surface area (Å²) < 4.78 is 10.9. The summed E-state index contributed by atoms with van der Waals surface area (Å²) in [6.45, 7) is 6.37. The second-order valence-corrected chi connectivity index (χ2v) is 8.15. The van der Waals surface area contributed by atoms with Gasteiger partial charge >= 0.3 is 6.09 Å². The van der Waals surface area contributed by atoms with Crippen molar-refractivity contribution >= 4 is 11.8 Å². The standard InChI is InChI=1S/C20H30N2O3/c1-20(2,3)25-19(23)21-11-12-24-17-6-4-5-16(13-17)22-18(14-7-8-14)15-9-10-15/h4-6,13-15,18,22H,7-12H2,1-3H3,(H,21,23). The van der Waals surface area contributed by atoms with E-state index in [1.165, 1.54) is 25.7 Å². The van der Waals surface area contributed by atoms with Gasteiger partial charge in [0.2, 0.25) is 0 Å². The van der Waals surface area contributed by atoms with Gasteiger partial charge in [-0.2, -0.15) is 0 Å². The third kappa shape index (κ3) is 6.15. The summed E-state index contributed by atoms with van der Waals surface area (Å²) in [4.78, 5) is 11.6. The Morgan fingerprint density at radius 2 is 1.88 bits per heavy atom. The van der Waals surface area contributed by atoms with Crippen molar-refractivity contribution in [3.05, 3.63) is 24.3 Å². The second kappa shape index (κ2) is 7.54. The molecule has 138 valence electrons. The van der Waals surface area contributed by atoms with Crippen molar-refractivity contribution in [1.29, 1.82) is 0 Å². The molecule has 2 aliphatic carbocycles. The van der Waals surface area contributed by atoms with Crippen LogP contribution in [0.5, 0.6) is 5.75 Å². The molecule has 0 unspecified atom stereocenters. The molecule has 3 rings (SSSR count). The Bertz CT molecular complexity index is 577. The van der Waals surface area contributed by atoms with Crippen molar-refractivity contribution in [2.75, 3.05) is 18.5 Å². The quantitative estimate of drug-likeness (QED) is 0.693. The average molecular weight is 346 g/mol. The first-order chi connectivity index (χ1) is 11.9. The summed E-state index contributed by atoms with van der Waals surface area (Å²) >= 11 is 0. The molecular formula is C20H30N2O3. The van der Waals surface area contributed by atoms with E-state index in [1.54, 1.807) is 0 Å². The Morgan fingerprint density at radius 3 is 2.48 bits per heavy atom. The lowest BCUT2D eigenvalue weighted by Gasteiger charge is -2.20. The second-order valence-electron chi connectivity index (χ2n) is 8.15. The topological polar surface area (TPSA) is 59.6 Å². The summed E-state index contributed by atoms with van der Waals surface area (Å²) in [6, 6.07) is 8.73. The monoisotopic (exact) mass is 346 g/mol. The SMILES string of the molecule is CC(C)(C)OC(=O)NCCOc1cccc(NC(C2CC2)C2CC2)c1. The molecule has 2 aliphatic rings. The summed E-state index contributed by atoms with van der Waals surface area (Å²) in [6.07, 6.45) is 5.03. The minimum Gasteiger partial charge on any atom is -0.492 e. The third-order valence-electron chi connectivity index (χ3n) is 4.47. The van der Waals surface area contributed by atoms with E-state index in [4.69, 9.17) is 9.47 Å². The van der Waals surface area contributed by atoms with Gasteiger partial charge in [-0.15, -0.1) is 0 Å². The van der Waals surface area contributed by atoms with Gasteiger partial charge in [0.15, 0.2) is 0 Å². The zero-order chi connectivity index (χ0) is 17.9. The Labute approximate surface area is 150 Å². The molecule has 0 heterocycles. The van der Waals surface area contributed by atoms with Gasteiger partial charge in [-0.1, -0.05) is 6.07 Å². The molecule has 5 heteroatoms. The third-order valence-corrected chi connectivity index (χ3v) is 4.47. The Hall–Kier alpha value is -1.91. The van der Waals surface area contributed by atoms with E-state index in [1.807, 2.05) is 39.0 Å². The highest BCUT2D eigenvalue weighted by Crippen LogP contribution is 2.46. The van der Waals surface area contributed by atoms with Gasteiger partial charge in [-0.25, -0.2) is 4.79 Å². The van der Waals surface area contributed by atoms with E-state index in [0.717, 1.165) is 23.3 Å². The minimum absolute atomic E-state index is 0.414. The summed E-state index contributed by atoms with van der Waals surface area (Å²) in [5.41, 5.74) is 0.645. The summed E-state index contributed by atoms with van der Waals surface area (Å²) in [5.74, 6) is 2.53. The average Bonchev–Trinajstić information content (AvgIpc) is 3.42. The number of amides is 1. The van der Waals surface area contributed by atoms with Crippen molar-refractivity contribution in [3.8, 4) is 5.75 Å². The fraction of sp³-hybridized carbons (Fsp3) is 0.650. The highest BCUT2D eigenvalue weighted by Gasteiger charge is 2.41. The Balaban J connectivity index is 1.41. The molecule has 0 aliphatic heterocycles. The predicted molar refractivity (Wildman–Crippen MR) is 99.0 cm³/mol. The zero-order valence-electron chi connectivity index (χ0n) is 15.5. The van der Waals surface area contributed by atoms with Crippen LogP contribution in [0.4, 0.5) is 10.5 Å². The molecule has 0 radical (unpaired) electrons. The maximum absolute atomic E-state index is 11.6. The van der Waals surface area contributed by atoms with Gasteiger partial charge in [0.25, 0.3) is 0 Å². The van der Waals surface area contributed by atoms with Crippen LogP contribution < -0.4 is 15.4 Å². The van der Waals surface area contributed by atoms with Crippen molar-refractivity contribution in [2.24, 2.45) is 11.8 Å². The fourth-order valence-corrected chi connectivity index (χ4v) is 3.04. The molecule has 0 saturated heterocycles. The maximum Gasteiger partial charge on any atom is 0.407 e. The van der Waals surface area contributed by atoms with Gasteiger partial charge in [-0.05, 0) is 70.4 Å². The number of rotatable bonds is 8. The van der Waals surface area contributed by atoms with Crippen LogP contribution >= 0.6 is 0 Å². The van der Waals surface area contributed by atoms with E-state index in [2.05, 4.69) is 16.7 Å². The van der Waals surface area contributed by atoms with Crippen LogP contribution in [0.1, 0.15) is 46.5 Å². The number of nitrogens with one attached hydrogen (secondary N) is 2. The molecule has 25 heavy (non-hydrogen) atoms. The maximum atomic E-state index is 11.6. The van der Waals surface area contributed by atoms with E-state index in [0.29, 0.717) is 19.2 Å². The number of hydrogen-bond donors (Lipinski definition) is 2. The van der Waals surface area contributed by atoms with Gasteiger partial charge in [0, 0.05) is 17.8 Å². The molecule has 0 aromatic heterocycles. The van der Waals surface area contributed by atoms with Gasteiger partial charge in [0.1, 0.15) is 18.0 Å². The lowest BCUT2D eigenvalue weighted by Crippen LogP contribution is -2.34. The lowest BCUT2D eigenvalue weighted by atomic mass is 10.1. The van der Waals surface area contributed by atoms with E-state index in [-0.39, 0.29) is 0 Å². The van der Waals surface area contributed by atoms with Crippen LogP contribution in [0.3, 0.4) is 0 Å². The molecule has 0 spiro atoms. The summed E-state index contributed by atoms with van der Waals surface area (Å²) in [5, 5.41) is 6.41. The number of anilines is 1. The number of benzene rings is 1. The van der Waals surface area contributed by atoms with Crippen molar-refractivity contribution in [1.82, 2.24) is 5.32 Å². The molecule has 2 saturated carbocycles. The molecule has 1 amide bonds. The molecule has 1 aromatic carbocycles.